The maximum Gasteiger partial charge on any atom is 0.239 e. The van der Waals surface area contributed by atoms with Crippen molar-refractivity contribution in [2.24, 2.45) is 0 Å². The molecule has 18 heavy (non-hydrogen) atoms. The van der Waals surface area contributed by atoms with Crippen LogP contribution in [0.5, 0.6) is 0 Å². The lowest BCUT2D eigenvalue weighted by Gasteiger charge is -2.31. The predicted molar refractivity (Wildman–Crippen MR) is 78.0 cm³/mol. The molecular weight excluding hydrogens is 244 g/mol. The van der Waals surface area contributed by atoms with Gasteiger partial charge < -0.3 is 4.90 Å². The number of hydrogen-bond donors (Lipinski definition) is 0. The Morgan fingerprint density at radius 1 is 0.944 bits per heavy atom. The summed E-state index contributed by atoms with van der Waals surface area (Å²) in [6.45, 7) is 6.22. The fourth-order valence-corrected chi connectivity index (χ4v) is 3.76. The van der Waals surface area contributed by atoms with E-state index in [0.717, 1.165) is 38.4 Å². The van der Waals surface area contributed by atoms with Crippen molar-refractivity contribution >= 4 is 17.7 Å². The second-order valence-electron chi connectivity index (χ2n) is 5.42. The van der Waals surface area contributed by atoms with E-state index in [-0.39, 0.29) is 6.04 Å². The largest absolute Gasteiger partial charge is 0.340 e. The first-order valence-electron chi connectivity index (χ1n) is 7.39. The van der Waals surface area contributed by atoms with Crippen molar-refractivity contribution in [2.75, 3.05) is 37.7 Å². The average molecular weight is 270 g/mol. The number of amides is 1. The molecule has 0 aliphatic carbocycles. The summed E-state index contributed by atoms with van der Waals surface area (Å²) in [6.07, 6.45) is 6.33. The van der Waals surface area contributed by atoms with Gasteiger partial charge in [-0.15, -0.1) is 0 Å². The Labute approximate surface area is 115 Å². The van der Waals surface area contributed by atoms with Crippen LogP contribution in [0.15, 0.2) is 0 Å². The fraction of sp³-hybridized carbons (Fsp3) is 0.929. The Morgan fingerprint density at radius 2 is 1.67 bits per heavy atom. The van der Waals surface area contributed by atoms with E-state index in [1.54, 1.807) is 0 Å². The van der Waals surface area contributed by atoms with E-state index in [9.17, 15) is 4.79 Å². The van der Waals surface area contributed by atoms with Gasteiger partial charge in [0.25, 0.3) is 0 Å². The van der Waals surface area contributed by atoms with Gasteiger partial charge in [-0.1, -0.05) is 12.8 Å². The van der Waals surface area contributed by atoms with Crippen molar-refractivity contribution in [3.63, 3.8) is 0 Å². The average Bonchev–Trinajstić information content (AvgIpc) is 2.81. The summed E-state index contributed by atoms with van der Waals surface area (Å²) in [6, 6.07) is 0.0891. The minimum Gasteiger partial charge on any atom is -0.340 e. The van der Waals surface area contributed by atoms with E-state index in [2.05, 4.69) is 16.7 Å². The minimum absolute atomic E-state index is 0.0891. The van der Waals surface area contributed by atoms with E-state index in [4.69, 9.17) is 0 Å². The highest BCUT2D eigenvalue weighted by Gasteiger charge is 2.26. The highest BCUT2D eigenvalue weighted by atomic mass is 32.2. The van der Waals surface area contributed by atoms with Gasteiger partial charge >= 0.3 is 0 Å². The van der Waals surface area contributed by atoms with Gasteiger partial charge in [0.1, 0.15) is 0 Å². The van der Waals surface area contributed by atoms with Gasteiger partial charge in [-0.3, -0.25) is 9.69 Å². The van der Waals surface area contributed by atoms with Crippen LogP contribution in [0.25, 0.3) is 0 Å². The number of likely N-dealkylation sites (tertiary alicyclic amines) is 1. The molecular formula is C14H26N2OS. The Balaban J connectivity index is 1.89. The molecule has 1 amide bonds. The molecule has 3 nitrogen and oxygen atoms in total. The van der Waals surface area contributed by atoms with Crippen LogP contribution in [0.4, 0.5) is 0 Å². The number of thioether (sulfide) groups is 1. The summed E-state index contributed by atoms with van der Waals surface area (Å²) >= 11 is 1.98. The highest BCUT2D eigenvalue weighted by molar-refractivity contribution is 7.99. The van der Waals surface area contributed by atoms with Crippen LogP contribution in [0.3, 0.4) is 0 Å². The third-order valence-corrected chi connectivity index (χ3v) is 5.13. The molecule has 4 heteroatoms. The Morgan fingerprint density at radius 3 is 2.39 bits per heavy atom. The van der Waals surface area contributed by atoms with Crippen molar-refractivity contribution < 1.29 is 4.79 Å². The van der Waals surface area contributed by atoms with Crippen molar-refractivity contribution in [2.45, 2.75) is 45.1 Å². The van der Waals surface area contributed by atoms with Gasteiger partial charge in [-0.25, -0.2) is 0 Å². The molecule has 2 fully saturated rings. The van der Waals surface area contributed by atoms with Crippen LogP contribution < -0.4 is 0 Å². The summed E-state index contributed by atoms with van der Waals surface area (Å²) in [5, 5.41) is 0. The first-order chi connectivity index (χ1) is 8.79. The van der Waals surface area contributed by atoms with Crippen LogP contribution in [0.1, 0.15) is 39.0 Å². The smallest absolute Gasteiger partial charge is 0.239 e. The second-order valence-corrected chi connectivity index (χ2v) is 6.64. The van der Waals surface area contributed by atoms with E-state index >= 15 is 0 Å². The monoisotopic (exact) mass is 270 g/mol. The van der Waals surface area contributed by atoms with Crippen molar-refractivity contribution in [1.29, 1.82) is 0 Å². The Hall–Kier alpha value is -0.220. The van der Waals surface area contributed by atoms with Gasteiger partial charge in [0.05, 0.1) is 6.04 Å². The molecule has 1 unspecified atom stereocenters. The molecule has 0 bridgehead atoms. The van der Waals surface area contributed by atoms with Crippen LogP contribution in [0.2, 0.25) is 0 Å². The molecule has 0 saturated carbocycles. The number of rotatable bonds is 2. The molecule has 104 valence electrons. The molecule has 0 aromatic heterocycles. The first kappa shape index (κ1) is 14.2. The van der Waals surface area contributed by atoms with E-state index in [0.29, 0.717) is 5.91 Å². The summed E-state index contributed by atoms with van der Waals surface area (Å²) in [5.74, 6) is 2.68. The van der Waals surface area contributed by atoms with Gasteiger partial charge in [0, 0.05) is 18.8 Å². The zero-order chi connectivity index (χ0) is 12.8. The van der Waals surface area contributed by atoms with Gasteiger partial charge in [0.15, 0.2) is 0 Å². The Kier molecular flexibility index (Phi) is 5.83. The third kappa shape index (κ3) is 3.89. The molecule has 0 spiro atoms. The lowest BCUT2D eigenvalue weighted by atomic mass is 10.2. The first-order valence-corrected chi connectivity index (χ1v) is 8.55. The lowest BCUT2D eigenvalue weighted by molar-refractivity contribution is -0.136. The molecule has 0 aromatic rings. The number of nitrogens with zero attached hydrogens (tertiary/aromatic N) is 2. The lowest BCUT2D eigenvalue weighted by Crippen LogP contribution is -2.48. The summed E-state index contributed by atoms with van der Waals surface area (Å²) in [4.78, 5) is 17.0. The molecule has 2 rings (SSSR count). The molecule has 2 aliphatic rings. The molecule has 2 saturated heterocycles. The maximum absolute atomic E-state index is 12.5. The van der Waals surface area contributed by atoms with Gasteiger partial charge in [-0.05, 0) is 45.0 Å². The standard InChI is InChI=1S/C14H26N2OS/c1-13(15-7-4-2-3-5-8-15)14(17)16-9-6-11-18-12-10-16/h13H,2-12H2,1H3. The summed E-state index contributed by atoms with van der Waals surface area (Å²) in [5.41, 5.74) is 0. The van der Waals surface area contributed by atoms with E-state index in [1.165, 1.54) is 31.4 Å². The number of carbonyl (C=O) groups is 1. The zero-order valence-electron chi connectivity index (χ0n) is 11.6. The minimum atomic E-state index is 0.0891. The van der Waals surface area contributed by atoms with Crippen LogP contribution in [-0.2, 0) is 4.79 Å². The summed E-state index contributed by atoms with van der Waals surface area (Å²) < 4.78 is 0. The van der Waals surface area contributed by atoms with Crippen molar-refractivity contribution in [1.82, 2.24) is 9.80 Å². The SMILES string of the molecule is CC(C(=O)N1CCCSCC1)N1CCCCCC1. The normalized spacial score (nSPS) is 25.3. The highest BCUT2D eigenvalue weighted by Crippen LogP contribution is 2.16. The van der Waals surface area contributed by atoms with E-state index < -0.39 is 0 Å². The number of carbonyl (C=O) groups excluding carboxylic acids is 1. The molecule has 1 atom stereocenters. The molecule has 0 aromatic carbocycles. The van der Waals surface area contributed by atoms with E-state index in [1.807, 2.05) is 11.8 Å². The second kappa shape index (κ2) is 7.39. The van der Waals surface area contributed by atoms with Crippen LogP contribution in [0, 0.1) is 0 Å². The van der Waals surface area contributed by atoms with Gasteiger partial charge in [0.2, 0.25) is 5.91 Å². The fourth-order valence-electron chi connectivity index (χ4n) is 2.87. The topological polar surface area (TPSA) is 23.6 Å². The molecule has 2 heterocycles. The summed E-state index contributed by atoms with van der Waals surface area (Å²) in [7, 11) is 0. The van der Waals surface area contributed by atoms with Crippen LogP contribution >= 0.6 is 11.8 Å². The molecule has 0 N–H and O–H groups in total. The Bertz CT molecular complexity index is 257. The van der Waals surface area contributed by atoms with Crippen molar-refractivity contribution in [3.05, 3.63) is 0 Å². The van der Waals surface area contributed by atoms with Crippen molar-refractivity contribution in [3.8, 4) is 0 Å². The predicted octanol–water partition coefficient (Wildman–Crippen LogP) is 2.22. The zero-order valence-corrected chi connectivity index (χ0v) is 12.4. The third-order valence-electron chi connectivity index (χ3n) is 4.08. The van der Waals surface area contributed by atoms with Crippen LogP contribution in [-0.4, -0.2) is 59.4 Å². The molecule has 2 aliphatic heterocycles. The molecule has 0 radical (unpaired) electrons. The quantitative estimate of drug-likeness (QED) is 0.769. The van der Waals surface area contributed by atoms with Gasteiger partial charge in [-0.2, -0.15) is 11.8 Å². The maximum atomic E-state index is 12.5. The number of hydrogen-bond acceptors (Lipinski definition) is 3.